The normalized spacial score (nSPS) is 12.0. The van der Waals surface area contributed by atoms with Crippen LogP contribution in [0.4, 0.5) is 8.78 Å². The zero-order valence-corrected chi connectivity index (χ0v) is 12.4. The van der Waals surface area contributed by atoms with Crippen LogP contribution in [0.15, 0.2) is 36.4 Å². The molecule has 2 aromatic carbocycles. The molecule has 1 amide bonds. The minimum Gasteiger partial charge on any atom is -0.386 e. The van der Waals surface area contributed by atoms with Crippen LogP contribution in [0.5, 0.6) is 0 Å². The molecule has 2 aromatic rings. The van der Waals surface area contributed by atoms with E-state index in [0.717, 1.165) is 23.3 Å². The maximum absolute atomic E-state index is 13.5. The number of carbonyl (C=O) groups is 1. The lowest BCUT2D eigenvalue weighted by molar-refractivity contribution is 0.0911. The van der Waals surface area contributed by atoms with Crippen LogP contribution in [-0.4, -0.2) is 17.6 Å². The van der Waals surface area contributed by atoms with Crippen LogP contribution in [0.2, 0.25) is 0 Å². The summed E-state index contributed by atoms with van der Waals surface area (Å²) in [5.41, 5.74) is 2.02. The molecule has 0 aliphatic heterocycles. The zero-order chi connectivity index (χ0) is 16.3. The lowest BCUT2D eigenvalue weighted by Gasteiger charge is -2.14. The molecule has 0 saturated carbocycles. The van der Waals surface area contributed by atoms with Crippen LogP contribution >= 0.6 is 0 Å². The first-order chi connectivity index (χ1) is 10.4. The van der Waals surface area contributed by atoms with Crippen molar-refractivity contribution in [1.82, 2.24) is 5.32 Å². The zero-order valence-electron chi connectivity index (χ0n) is 12.4. The lowest BCUT2D eigenvalue weighted by atomic mass is 10.1. The first kappa shape index (κ1) is 16.1. The quantitative estimate of drug-likeness (QED) is 0.912. The molecule has 22 heavy (non-hydrogen) atoms. The minimum absolute atomic E-state index is 0.274. The van der Waals surface area contributed by atoms with Crippen molar-refractivity contribution in [3.63, 3.8) is 0 Å². The van der Waals surface area contributed by atoms with Crippen LogP contribution in [0, 0.1) is 25.5 Å². The summed E-state index contributed by atoms with van der Waals surface area (Å²) in [6.45, 7) is 3.54. The van der Waals surface area contributed by atoms with Gasteiger partial charge in [0.25, 0.3) is 5.91 Å². The Morgan fingerprint density at radius 2 is 1.77 bits per heavy atom. The van der Waals surface area contributed by atoms with E-state index in [1.165, 1.54) is 6.07 Å². The van der Waals surface area contributed by atoms with Gasteiger partial charge in [0.15, 0.2) is 0 Å². The van der Waals surface area contributed by atoms with E-state index in [0.29, 0.717) is 5.56 Å². The summed E-state index contributed by atoms with van der Waals surface area (Å²) >= 11 is 0. The van der Waals surface area contributed by atoms with Gasteiger partial charge < -0.3 is 10.4 Å². The molecule has 0 radical (unpaired) electrons. The van der Waals surface area contributed by atoms with Gasteiger partial charge in [-0.15, -0.1) is 0 Å². The summed E-state index contributed by atoms with van der Waals surface area (Å²) in [6, 6.07) is 8.54. The monoisotopic (exact) mass is 305 g/mol. The number of aryl methyl sites for hydroxylation is 2. The van der Waals surface area contributed by atoms with Crippen LogP contribution < -0.4 is 5.32 Å². The van der Waals surface area contributed by atoms with Crippen LogP contribution in [-0.2, 0) is 0 Å². The number of hydrogen-bond donors (Lipinski definition) is 2. The third kappa shape index (κ3) is 3.49. The maximum Gasteiger partial charge on any atom is 0.251 e. The Morgan fingerprint density at radius 3 is 2.36 bits per heavy atom. The Morgan fingerprint density at radius 1 is 1.14 bits per heavy atom. The second-order valence-corrected chi connectivity index (χ2v) is 5.16. The average Bonchev–Trinajstić information content (AvgIpc) is 2.47. The Bertz CT molecular complexity index is 681. The first-order valence-corrected chi connectivity index (χ1v) is 6.87. The average molecular weight is 305 g/mol. The van der Waals surface area contributed by atoms with E-state index < -0.39 is 29.2 Å². The maximum atomic E-state index is 13.5. The number of nitrogens with one attached hydrogen (secondary N) is 1. The predicted molar refractivity (Wildman–Crippen MR) is 79.6 cm³/mol. The van der Waals surface area contributed by atoms with Crippen LogP contribution in [0.1, 0.15) is 33.2 Å². The summed E-state index contributed by atoms with van der Waals surface area (Å²) < 4.78 is 27.1. The second-order valence-electron chi connectivity index (χ2n) is 5.16. The summed E-state index contributed by atoms with van der Waals surface area (Å²) in [5, 5.41) is 12.4. The van der Waals surface area contributed by atoms with Gasteiger partial charge in [0, 0.05) is 12.1 Å². The van der Waals surface area contributed by atoms with Gasteiger partial charge in [0.05, 0.1) is 5.56 Å². The van der Waals surface area contributed by atoms with Gasteiger partial charge in [-0.25, -0.2) is 8.78 Å². The van der Waals surface area contributed by atoms with Crippen molar-refractivity contribution in [3.05, 3.63) is 70.3 Å². The molecule has 0 fully saturated rings. The Balaban J connectivity index is 2.06. The Labute approximate surface area is 127 Å². The van der Waals surface area contributed by atoms with Crippen molar-refractivity contribution < 1.29 is 18.7 Å². The number of halogens is 2. The van der Waals surface area contributed by atoms with Gasteiger partial charge >= 0.3 is 0 Å². The van der Waals surface area contributed by atoms with Gasteiger partial charge in [0.1, 0.15) is 17.7 Å². The van der Waals surface area contributed by atoms with E-state index in [1.807, 2.05) is 19.9 Å². The largest absolute Gasteiger partial charge is 0.386 e. The van der Waals surface area contributed by atoms with Gasteiger partial charge in [-0.05, 0) is 49.2 Å². The van der Waals surface area contributed by atoms with Gasteiger partial charge in [0.2, 0.25) is 0 Å². The molecule has 5 heteroatoms. The standard InChI is InChI=1S/C17H17F2NO2/c1-10-6-7-12(8-11(10)2)17(22)20-9-15(21)16-13(18)4-3-5-14(16)19/h3-8,15,21H,9H2,1-2H3,(H,20,22). The topological polar surface area (TPSA) is 49.3 Å². The van der Waals surface area contributed by atoms with Crippen molar-refractivity contribution in [2.45, 2.75) is 20.0 Å². The number of rotatable bonds is 4. The van der Waals surface area contributed by atoms with Gasteiger partial charge in [-0.3, -0.25) is 4.79 Å². The molecular weight excluding hydrogens is 288 g/mol. The van der Waals surface area contributed by atoms with Gasteiger partial charge in [-0.2, -0.15) is 0 Å². The number of hydrogen-bond acceptors (Lipinski definition) is 2. The van der Waals surface area contributed by atoms with Crippen LogP contribution in [0.3, 0.4) is 0 Å². The molecule has 0 aromatic heterocycles. The highest BCUT2D eigenvalue weighted by atomic mass is 19.1. The van der Waals surface area contributed by atoms with E-state index in [-0.39, 0.29) is 6.54 Å². The van der Waals surface area contributed by atoms with Crippen molar-refractivity contribution >= 4 is 5.91 Å². The molecule has 116 valence electrons. The SMILES string of the molecule is Cc1ccc(C(=O)NCC(O)c2c(F)cccc2F)cc1C. The molecule has 1 atom stereocenters. The summed E-state index contributed by atoms with van der Waals surface area (Å²) in [7, 11) is 0. The predicted octanol–water partition coefficient (Wildman–Crippen LogP) is 3.05. The van der Waals surface area contributed by atoms with Crippen molar-refractivity contribution in [2.24, 2.45) is 0 Å². The van der Waals surface area contributed by atoms with E-state index in [1.54, 1.807) is 12.1 Å². The fourth-order valence-corrected chi connectivity index (χ4v) is 2.11. The molecule has 0 saturated heterocycles. The molecule has 3 nitrogen and oxygen atoms in total. The first-order valence-electron chi connectivity index (χ1n) is 6.87. The molecule has 0 heterocycles. The Hall–Kier alpha value is -2.27. The molecule has 0 aliphatic carbocycles. The number of aliphatic hydroxyl groups is 1. The van der Waals surface area contributed by atoms with Crippen molar-refractivity contribution in [1.29, 1.82) is 0 Å². The molecule has 0 spiro atoms. The molecule has 2 N–H and O–H groups in total. The Kier molecular flexibility index (Phi) is 4.88. The van der Waals surface area contributed by atoms with E-state index in [9.17, 15) is 18.7 Å². The van der Waals surface area contributed by atoms with Crippen molar-refractivity contribution in [3.8, 4) is 0 Å². The molecule has 1 unspecified atom stereocenters. The van der Waals surface area contributed by atoms with Gasteiger partial charge in [-0.1, -0.05) is 12.1 Å². The highest BCUT2D eigenvalue weighted by molar-refractivity contribution is 5.94. The number of carbonyl (C=O) groups excluding carboxylic acids is 1. The summed E-state index contributed by atoms with van der Waals surface area (Å²) in [4.78, 5) is 12.0. The van der Waals surface area contributed by atoms with E-state index in [4.69, 9.17) is 0 Å². The highest BCUT2D eigenvalue weighted by Gasteiger charge is 2.18. The highest BCUT2D eigenvalue weighted by Crippen LogP contribution is 2.20. The van der Waals surface area contributed by atoms with E-state index >= 15 is 0 Å². The fourth-order valence-electron chi connectivity index (χ4n) is 2.11. The summed E-state index contributed by atoms with van der Waals surface area (Å²) in [6.07, 6.45) is -1.45. The number of aliphatic hydroxyl groups excluding tert-OH is 1. The third-order valence-electron chi connectivity index (χ3n) is 3.56. The minimum atomic E-state index is -1.45. The smallest absolute Gasteiger partial charge is 0.251 e. The number of amides is 1. The molecule has 0 bridgehead atoms. The number of benzene rings is 2. The fraction of sp³-hybridized carbons (Fsp3) is 0.235. The third-order valence-corrected chi connectivity index (χ3v) is 3.56. The summed E-state index contributed by atoms with van der Waals surface area (Å²) in [5.74, 6) is -2.08. The lowest BCUT2D eigenvalue weighted by Crippen LogP contribution is -2.29. The van der Waals surface area contributed by atoms with Crippen molar-refractivity contribution in [2.75, 3.05) is 6.54 Å². The molecule has 2 rings (SSSR count). The van der Waals surface area contributed by atoms with Crippen LogP contribution in [0.25, 0.3) is 0 Å². The molecule has 0 aliphatic rings. The van der Waals surface area contributed by atoms with E-state index in [2.05, 4.69) is 5.32 Å². The second kappa shape index (κ2) is 6.66. The molecular formula is C17H17F2NO2.